The zero-order chi connectivity index (χ0) is 22.5. The van der Waals surface area contributed by atoms with Crippen LogP contribution in [0.2, 0.25) is 0 Å². The Balaban J connectivity index is 1.32. The number of benzene rings is 1. The Morgan fingerprint density at radius 2 is 1.56 bits per heavy atom. The van der Waals surface area contributed by atoms with Gasteiger partial charge in [0.2, 0.25) is 5.91 Å². The van der Waals surface area contributed by atoms with Gasteiger partial charge in [-0.05, 0) is 64.3 Å². The Hall–Kier alpha value is -2.40. The van der Waals surface area contributed by atoms with Crippen LogP contribution in [0.3, 0.4) is 0 Å². The van der Waals surface area contributed by atoms with Crippen molar-refractivity contribution in [1.29, 1.82) is 0 Å². The molecule has 0 unspecified atom stereocenters. The molecule has 1 amide bonds. The van der Waals surface area contributed by atoms with Gasteiger partial charge in [0, 0.05) is 42.5 Å². The van der Waals surface area contributed by atoms with Gasteiger partial charge in [-0.25, -0.2) is 0 Å². The molecule has 32 heavy (non-hydrogen) atoms. The quantitative estimate of drug-likeness (QED) is 0.630. The zero-order valence-corrected chi connectivity index (χ0v) is 19.7. The molecule has 2 saturated heterocycles. The topological polar surface area (TPSA) is 45.6 Å². The number of aromatic nitrogens is 1. The molecule has 0 spiro atoms. The zero-order valence-electron chi connectivity index (χ0n) is 19.7. The molecule has 3 heterocycles. The van der Waals surface area contributed by atoms with E-state index >= 15 is 0 Å². The fourth-order valence-corrected chi connectivity index (χ4v) is 5.27. The lowest BCUT2D eigenvalue weighted by atomic mass is 9.94. The highest BCUT2D eigenvalue weighted by Crippen LogP contribution is 2.23. The van der Waals surface area contributed by atoms with Crippen LogP contribution in [-0.4, -0.2) is 58.8 Å². The van der Waals surface area contributed by atoms with Gasteiger partial charge in [-0.15, -0.1) is 0 Å². The van der Waals surface area contributed by atoms with Crippen LogP contribution in [0.4, 0.5) is 0 Å². The normalized spacial score (nSPS) is 18.5. The Morgan fingerprint density at radius 3 is 2.22 bits per heavy atom. The Kier molecular flexibility index (Phi) is 7.46. The Labute approximate surface area is 192 Å². The molecule has 0 radical (unpaired) electrons. The molecule has 0 N–H and O–H groups in total. The van der Waals surface area contributed by atoms with E-state index in [2.05, 4.69) is 52.5 Å². The SMILES string of the molecule is Cc1cc(C(=O)CN2CCC(C(=O)N3CCCCCC3)CC2)c(C)n1Cc1ccccc1. The molecule has 0 saturated carbocycles. The number of ketones is 1. The third-order valence-corrected chi connectivity index (χ3v) is 7.28. The Bertz CT molecular complexity index is 918. The molecule has 5 nitrogen and oxygen atoms in total. The molecular formula is C27H37N3O2. The van der Waals surface area contributed by atoms with E-state index in [1.807, 2.05) is 12.1 Å². The number of nitrogens with zero attached hydrogens (tertiary/aromatic N) is 3. The molecular weight excluding hydrogens is 398 g/mol. The highest BCUT2D eigenvalue weighted by atomic mass is 16.2. The van der Waals surface area contributed by atoms with Gasteiger partial charge in [0.1, 0.15) is 0 Å². The molecule has 5 heteroatoms. The van der Waals surface area contributed by atoms with E-state index in [1.165, 1.54) is 18.4 Å². The first-order valence-electron chi connectivity index (χ1n) is 12.3. The second kappa shape index (κ2) is 10.5. The van der Waals surface area contributed by atoms with Gasteiger partial charge in [-0.1, -0.05) is 43.2 Å². The second-order valence-electron chi connectivity index (χ2n) is 9.57. The third-order valence-electron chi connectivity index (χ3n) is 7.28. The van der Waals surface area contributed by atoms with Crippen LogP contribution >= 0.6 is 0 Å². The number of piperidine rings is 1. The largest absolute Gasteiger partial charge is 0.344 e. The lowest BCUT2D eigenvalue weighted by molar-refractivity contribution is -0.137. The van der Waals surface area contributed by atoms with Gasteiger partial charge >= 0.3 is 0 Å². The van der Waals surface area contributed by atoms with Crippen molar-refractivity contribution in [3.63, 3.8) is 0 Å². The van der Waals surface area contributed by atoms with E-state index in [0.717, 1.165) is 75.4 Å². The molecule has 1 aromatic carbocycles. The molecule has 2 aliphatic rings. The van der Waals surface area contributed by atoms with Gasteiger partial charge in [-0.3, -0.25) is 14.5 Å². The number of Topliss-reactive ketones (excluding diaryl/α,β-unsaturated/α-hetero) is 1. The van der Waals surface area contributed by atoms with E-state index in [-0.39, 0.29) is 11.7 Å². The van der Waals surface area contributed by atoms with Gasteiger partial charge in [0.05, 0.1) is 6.54 Å². The minimum Gasteiger partial charge on any atom is -0.344 e. The lowest BCUT2D eigenvalue weighted by Crippen LogP contribution is -2.44. The lowest BCUT2D eigenvalue weighted by Gasteiger charge is -2.33. The van der Waals surface area contributed by atoms with Crippen LogP contribution in [0.5, 0.6) is 0 Å². The maximum Gasteiger partial charge on any atom is 0.225 e. The predicted molar refractivity (Wildman–Crippen MR) is 128 cm³/mol. The highest BCUT2D eigenvalue weighted by molar-refractivity contribution is 5.99. The van der Waals surface area contributed by atoms with Crippen LogP contribution < -0.4 is 0 Å². The summed E-state index contributed by atoms with van der Waals surface area (Å²) >= 11 is 0. The predicted octanol–water partition coefficient (Wildman–Crippen LogP) is 4.45. The van der Waals surface area contributed by atoms with Crippen LogP contribution in [0.25, 0.3) is 0 Å². The smallest absolute Gasteiger partial charge is 0.225 e. The number of aryl methyl sites for hydroxylation is 1. The van der Waals surface area contributed by atoms with E-state index in [0.29, 0.717) is 12.5 Å². The maximum absolute atomic E-state index is 13.1. The Morgan fingerprint density at radius 1 is 0.906 bits per heavy atom. The fraction of sp³-hybridized carbons (Fsp3) is 0.556. The highest BCUT2D eigenvalue weighted by Gasteiger charge is 2.30. The number of rotatable bonds is 6. The van der Waals surface area contributed by atoms with Crippen molar-refractivity contribution in [3.8, 4) is 0 Å². The number of likely N-dealkylation sites (tertiary alicyclic amines) is 2. The van der Waals surface area contributed by atoms with E-state index < -0.39 is 0 Å². The summed E-state index contributed by atoms with van der Waals surface area (Å²) < 4.78 is 2.23. The summed E-state index contributed by atoms with van der Waals surface area (Å²) in [4.78, 5) is 30.4. The maximum atomic E-state index is 13.1. The fourth-order valence-electron chi connectivity index (χ4n) is 5.27. The average molecular weight is 436 g/mol. The molecule has 2 aromatic rings. The summed E-state index contributed by atoms with van der Waals surface area (Å²) in [6.45, 7) is 8.88. The third kappa shape index (κ3) is 5.32. The summed E-state index contributed by atoms with van der Waals surface area (Å²) in [6, 6.07) is 12.4. The molecule has 1 aromatic heterocycles. The van der Waals surface area contributed by atoms with E-state index in [1.54, 1.807) is 0 Å². The summed E-state index contributed by atoms with van der Waals surface area (Å²) in [5.41, 5.74) is 4.24. The second-order valence-corrected chi connectivity index (χ2v) is 9.57. The van der Waals surface area contributed by atoms with Gasteiger partial charge in [0.25, 0.3) is 0 Å². The number of hydrogen-bond acceptors (Lipinski definition) is 3. The van der Waals surface area contributed by atoms with Crippen molar-refractivity contribution < 1.29 is 9.59 Å². The first kappa shape index (κ1) is 22.8. The first-order chi connectivity index (χ1) is 15.5. The van der Waals surface area contributed by atoms with Gasteiger partial charge in [-0.2, -0.15) is 0 Å². The number of carbonyl (C=O) groups is 2. The summed E-state index contributed by atoms with van der Waals surface area (Å²) in [6.07, 6.45) is 6.52. The van der Waals surface area contributed by atoms with Crippen LogP contribution in [-0.2, 0) is 11.3 Å². The van der Waals surface area contributed by atoms with Crippen molar-refractivity contribution in [2.45, 2.75) is 58.9 Å². The monoisotopic (exact) mass is 435 g/mol. The molecule has 0 atom stereocenters. The van der Waals surface area contributed by atoms with E-state index in [4.69, 9.17) is 0 Å². The minimum absolute atomic E-state index is 0.135. The van der Waals surface area contributed by atoms with Crippen molar-refractivity contribution in [2.24, 2.45) is 5.92 Å². The summed E-state index contributed by atoms with van der Waals surface area (Å²) in [5.74, 6) is 0.674. The van der Waals surface area contributed by atoms with Crippen molar-refractivity contribution in [1.82, 2.24) is 14.4 Å². The summed E-state index contributed by atoms with van der Waals surface area (Å²) in [5, 5.41) is 0. The molecule has 0 bridgehead atoms. The molecule has 2 fully saturated rings. The molecule has 2 aliphatic heterocycles. The first-order valence-corrected chi connectivity index (χ1v) is 12.3. The minimum atomic E-state index is 0.135. The molecule has 0 aliphatic carbocycles. The van der Waals surface area contributed by atoms with Crippen LogP contribution in [0, 0.1) is 19.8 Å². The van der Waals surface area contributed by atoms with Gasteiger partial charge in [0.15, 0.2) is 5.78 Å². The average Bonchev–Trinajstić information content (AvgIpc) is 2.99. The van der Waals surface area contributed by atoms with Gasteiger partial charge < -0.3 is 9.47 Å². The number of amides is 1. The molecule has 172 valence electrons. The van der Waals surface area contributed by atoms with Crippen molar-refractivity contribution in [2.75, 3.05) is 32.7 Å². The van der Waals surface area contributed by atoms with Crippen molar-refractivity contribution in [3.05, 3.63) is 58.9 Å². The van der Waals surface area contributed by atoms with E-state index in [9.17, 15) is 9.59 Å². The molecule has 4 rings (SSSR count). The van der Waals surface area contributed by atoms with Crippen LogP contribution in [0.1, 0.15) is 65.8 Å². The number of carbonyl (C=O) groups excluding carboxylic acids is 2. The summed E-state index contributed by atoms with van der Waals surface area (Å²) in [7, 11) is 0. The van der Waals surface area contributed by atoms with Crippen LogP contribution in [0.15, 0.2) is 36.4 Å². The standard InChI is InChI=1S/C27H37N3O2/c1-21-18-25(22(2)30(21)19-23-10-6-5-7-11-23)26(31)20-28-16-12-24(13-17-28)27(32)29-14-8-3-4-9-15-29/h5-7,10-11,18,24H,3-4,8-9,12-17,19-20H2,1-2H3. The number of hydrogen-bond donors (Lipinski definition) is 0. The van der Waals surface area contributed by atoms with Crippen molar-refractivity contribution >= 4 is 11.7 Å².